The van der Waals surface area contributed by atoms with Crippen molar-refractivity contribution in [2.45, 2.75) is 19.8 Å². The highest BCUT2D eigenvalue weighted by Gasteiger charge is 2.01. The lowest BCUT2D eigenvalue weighted by Crippen LogP contribution is -2.36. The maximum absolute atomic E-state index is 5.91. The second kappa shape index (κ2) is 7.53. The van der Waals surface area contributed by atoms with Gasteiger partial charge >= 0.3 is 0 Å². The molecule has 0 saturated heterocycles. The number of aliphatic imine (C=N–C) groups is 1. The van der Waals surface area contributed by atoms with E-state index in [1.165, 1.54) is 0 Å². The Hall–Kier alpha value is -0.780. The van der Waals surface area contributed by atoms with Gasteiger partial charge in [0.25, 0.3) is 0 Å². The Kier molecular flexibility index (Phi) is 6.32. The van der Waals surface area contributed by atoms with Crippen molar-refractivity contribution in [2.75, 3.05) is 11.9 Å². The second-order valence-corrected chi connectivity index (χ2v) is 4.74. The molecule has 4 N–H and O–H groups in total. The van der Waals surface area contributed by atoms with Crippen LogP contribution in [0.25, 0.3) is 0 Å². The minimum atomic E-state index is 0.549. The maximum atomic E-state index is 5.91. The molecule has 94 valence electrons. The van der Waals surface area contributed by atoms with Gasteiger partial charge in [0.2, 0.25) is 5.96 Å². The number of halogens is 2. The fourth-order valence-corrected chi connectivity index (χ4v) is 1.68. The summed E-state index contributed by atoms with van der Waals surface area (Å²) in [7, 11) is 0. The lowest BCUT2D eigenvalue weighted by molar-refractivity contribution is 0.801. The fraction of sp³-hybridized carbons (Fsp3) is 0.364. The number of benzene rings is 1. The number of unbranched alkanes of at least 4 members (excludes halogenated alkanes) is 1. The Morgan fingerprint density at radius 1 is 1.53 bits per heavy atom. The average molecular weight is 320 g/mol. The van der Waals surface area contributed by atoms with E-state index in [-0.39, 0.29) is 0 Å². The second-order valence-electron chi connectivity index (χ2n) is 3.48. The van der Waals surface area contributed by atoms with Crippen molar-refractivity contribution < 1.29 is 0 Å². The molecular formula is C11H16BrClN4. The third-order valence-electron chi connectivity index (χ3n) is 2.10. The van der Waals surface area contributed by atoms with Crippen LogP contribution in [0.15, 0.2) is 27.7 Å². The summed E-state index contributed by atoms with van der Waals surface area (Å²) in [5, 5.41) is 3.75. The zero-order chi connectivity index (χ0) is 12.7. The molecule has 1 rings (SSSR count). The summed E-state index contributed by atoms with van der Waals surface area (Å²) in [6, 6.07) is 5.53. The molecule has 0 fully saturated rings. The smallest absolute Gasteiger partial charge is 0.210 e. The number of anilines is 1. The fourth-order valence-electron chi connectivity index (χ4n) is 1.18. The lowest BCUT2D eigenvalue weighted by atomic mass is 10.3. The van der Waals surface area contributed by atoms with Gasteiger partial charge in [-0.05, 0) is 40.5 Å². The van der Waals surface area contributed by atoms with Gasteiger partial charge in [-0.25, -0.2) is 5.84 Å². The quantitative estimate of drug-likeness (QED) is 0.263. The maximum Gasteiger partial charge on any atom is 0.210 e. The monoisotopic (exact) mass is 318 g/mol. The zero-order valence-electron chi connectivity index (χ0n) is 9.63. The Bertz CT molecular complexity index is 395. The van der Waals surface area contributed by atoms with E-state index in [2.05, 4.69) is 38.6 Å². The van der Waals surface area contributed by atoms with E-state index in [9.17, 15) is 0 Å². The van der Waals surface area contributed by atoms with Crippen LogP contribution in [0, 0.1) is 0 Å². The third kappa shape index (κ3) is 4.93. The van der Waals surface area contributed by atoms with E-state index < -0.39 is 0 Å². The first-order valence-corrected chi connectivity index (χ1v) is 6.57. The van der Waals surface area contributed by atoms with Gasteiger partial charge in [-0.1, -0.05) is 24.9 Å². The molecule has 0 aliphatic rings. The highest BCUT2D eigenvalue weighted by Crippen LogP contribution is 2.25. The molecule has 0 saturated carbocycles. The van der Waals surface area contributed by atoms with Gasteiger partial charge in [-0.15, -0.1) is 0 Å². The highest BCUT2D eigenvalue weighted by atomic mass is 79.9. The zero-order valence-corrected chi connectivity index (χ0v) is 12.0. The number of nitrogens with two attached hydrogens (primary N) is 1. The normalized spacial score (nSPS) is 11.4. The minimum absolute atomic E-state index is 0.549. The van der Waals surface area contributed by atoms with Crippen molar-refractivity contribution in [2.24, 2.45) is 10.8 Å². The topological polar surface area (TPSA) is 62.4 Å². The molecular weight excluding hydrogens is 304 g/mol. The molecule has 1 aromatic carbocycles. The predicted octanol–water partition coefficient (Wildman–Crippen LogP) is 3.13. The molecule has 0 aliphatic carbocycles. The van der Waals surface area contributed by atoms with Gasteiger partial charge in [-0.2, -0.15) is 0 Å². The molecule has 0 bridgehead atoms. The van der Waals surface area contributed by atoms with Crippen LogP contribution < -0.4 is 16.6 Å². The predicted molar refractivity (Wildman–Crippen MR) is 77.3 cm³/mol. The Morgan fingerprint density at radius 2 is 2.29 bits per heavy atom. The molecule has 0 heterocycles. The number of rotatable bonds is 4. The van der Waals surface area contributed by atoms with Crippen LogP contribution >= 0.6 is 27.5 Å². The van der Waals surface area contributed by atoms with Crippen molar-refractivity contribution >= 4 is 39.2 Å². The van der Waals surface area contributed by atoms with E-state index in [0.717, 1.165) is 29.5 Å². The number of nitrogens with one attached hydrogen (secondary N) is 2. The standard InChI is InChI=1S/C11H16BrClN4/c1-2-3-6-15-11(17-14)16-8-4-5-10(13)9(12)7-8/h4-5,7H,2-3,6,14H2,1H3,(H2,15,16,17). The van der Waals surface area contributed by atoms with E-state index >= 15 is 0 Å². The molecule has 0 atom stereocenters. The van der Waals surface area contributed by atoms with Crippen LogP contribution in [0.3, 0.4) is 0 Å². The average Bonchev–Trinajstić information content (AvgIpc) is 2.32. The first-order valence-electron chi connectivity index (χ1n) is 5.40. The summed E-state index contributed by atoms with van der Waals surface area (Å²) >= 11 is 9.27. The van der Waals surface area contributed by atoms with Gasteiger partial charge in [0.1, 0.15) is 0 Å². The lowest BCUT2D eigenvalue weighted by Gasteiger charge is -2.09. The molecule has 0 spiro atoms. The molecule has 0 unspecified atom stereocenters. The van der Waals surface area contributed by atoms with E-state index in [4.69, 9.17) is 17.4 Å². The number of guanidine groups is 1. The molecule has 1 aromatic rings. The van der Waals surface area contributed by atoms with Gasteiger partial charge in [-0.3, -0.25) is 10.4 Å². The summed E-state index contributed by atoms with van der Waals surface area (Å²) in [5.74, 6) is 5.94. The highest BCUT2D eigenvalue weighted by molar-refractivity contribution is 9.10. The number of hydrogen-bond acceptors (Lipinski definition) is 2. The van der Waals surface area contributed by atoms with Crippen LogP contribution in [0.2, 0.25) is 5.02 Å². The third-order valence-corrected chi connectivity index (χ3v) is 3.31. The SMILES string of the molecule is CCCCN=C(NN)Nc1ccc(Cl)c(Br)c1. The van der Waals surface area contributed by atoms with Gasteiger partial charge in [0, 0.05) is 16.7 Å². The first-order chi connectivity index (χ1) is 8.17. The Balaban J connectivity index is 2.67. The van der Waals surface area contributed by atoms with Crippen molar-refractivity contribution in [3.63, 3.8) is 0 Å². The van der Waals surface area contributed by atoms with E-state index in [1.807, 2.05) is 12.1 Å². The van der Waals surface area contributed by atoms with Crippen LogP contribution in [-0.2, 0) is 0 Å². The number of hydrogen-bond donors (Lipinski definition) is 3. The van der Waals surface area contributed by atoms with Crippen LogP contribution in [0.4, 0.5) is 5.69 Å². The van der Waals surface area contributed by atoms with Crippen molar-refractivity contribution in [3.05, 3.63) is 27.7 Å². The minimum Gasteiger partial charge on any atom is -0.325 e. The van der Waals surface area contributed by atoms with E-state index in [0.29, 0.717) is 11.0 Å². The van der Waals surface area contributed by atoms with Gasteiger partial charge < -0.3 is 5.32 Å². The summed E-state index contributed by atoms with van der Waals surface area (Å²) in [6.45, 7) is 2.87. The molecule has 0 aromatic heterocycles. The molecule has 17 heavy (non-hydrogen) atoms. The number of hydrazine groups is 1. The molecule has 4 nitrogen and oxygen atoms in total. The molecule has 0 radical (unpaired) electrons. The molecule has 0 aliphatic heterocycles. The van der Waals surface area contributed by atoms with Crippen molar-refractivity contribution in [3.8, 4) is 0 Å². The summed E-state index contributed by atoms with van der Waals surface area (Å²) in [5.41, 5.74) is 3.40. The van der Waals surface area contributed by atoms with E-state index in [1.54, 1.807) is 6.07 Å². The van der Waals surface area contributed by atoms with Crippen molar-refractivity contribution in [1.29, 1.82) is 0 Å². The summed E-state index contributed by atoms with van der Waals surface area (Å²) in [6.07, 6.45) is 2.14. The Labute approximate surface area is 115 Å². The van der Waals surface area contributed by atoms with Crippen LogP contribution in [-0.4, -0.2) is 12.5 Å². The Morgan fingerprint density at radius 3 is 2.88 bits per heavy atom. The number of nitrogens with zero attached hydrogens (tertiary/aromatic N) is 1. The first kappa shape index (κ1) is 14.3. The summed E-state index contributed by atoms with van der Waals surface area (Å²) in [4.78, 5) is 4.30. The van der Waals surface area contributed by atoms with Crippen LogP contribution in [0.1, 0.15) is 19.8 Å². The largest absolute Gasteiger partial charge is 0.325 e. The van der Waals surface area contributed by atoms with Gasteiger partial charge in [0.05, 0.1) is 5.02 Å². The van der Waals surface area contributed by atoms with Crippen molar-refractivity contribution in [1.82, 2.24) is 5.43 Å². The molecule has 0 amide bonds. The molecule has 6 heteroatoms. The summed E-state index contributed by atoms with van der Waals surface area (Å²) < 4.78 is 0.828. The van der Waals surface area contributed by atoms with Crippen LogP contribution in [0.5, 0.6) is 0 Å². The van der Waals surface area contributed by atoms with Gasteiger partial charge in [0.15, 0.2) is 0 Å².